The summed E-state index contributed by atoms with van der Waals surface area (Å²) in [5, 5.41) is 22.8. The molecular weight excluding hydrogens is 425 g/mol. The van der Waals surface area contributed by atoms with E-state index in [0.29, 0.717) is 21.4 Å². The minimum Gasteiger partial charge on any atom is -0.478 e. The molecule has 0 saturated heterocycles. The van der Waals surface area contributed by atoms with Gasteiger partial charge in [-0.2, -0.15) is 0 Å². The summed E-state index contributed by atoms with van der Waals surface area (Å²) in [7, 11) is 0. The average Bonchev–Trinajstić information content (AvgIpc) is 3.33. The van der Waals surface area contributed by atoms with Gasteiger partial charge in [-0.1, -0.05) is 16.8 Å². The number of fused-ring (bicyclic) bond motifs is 1. The number of carboxylic acids is 2. The molecule has 8 nitrogen and oxygen atoms in total. The Morgan fingerprint density at radius 2 is 2.03 bits per heavy atom. The highest BCUT2D eigenvalue weighted by atomic mass is 35.5. The predicted molar refractivity (Wildman–Crippen MR) is 102 cm³/mol. The Morgan fingerprint density at radius 3 is 2.66 bits per heavy atom. The molecule has 3 heterocycles. The molecule has 29 heavy (non-hydrogen) atoms. The smallest absolute Gasteiger partial charge is 0.372 e. The third-order valence-corrected chi connectivity index (χ3v) is 5.51. The zero-order valence-corrected chi connectivity index (χ0v) is 16.2. The molecule has 4 rings (SSSR count). The number of hydrogen-bond acceptors (Lipinski definition) is 6. The molecule has 0 radical (unpaired) electrons. The van der Waals surface area contributed by atoms with Gasteiger partial charge in [0.05, 0.1) is 21.3 Å². The van der Waals surface area contributed by atoms with Gasteiger partial charge < -0.3 is 19.3 Å². The normalized spacial score (nSPS) is 11.3. The van der Waals surface area contributed by atoms with E-state index in [9.17, 15) is 24.2 Å². The first-order valence-corrected chi connectivity index (χ1v) is 9.33. The third kappa shape index (κ3) is 3.26. The standard InChI is InChI=1S/C18H11ClFN3O5S/c1-7-4-9(20)13(17(24)25)14-15(7)23(16(21-14)18(26)27)6-8-5-10(28-22-8)11-2-3-12(19)29-11/h2-5H,6H2,1H3,(H,24,25)(H,26,27). The van der Waals surface area contributed by atoms with Gasteiger partial charge in [-0.25, -0.2) is 19.0 Å². The van der Waals surface area contributed by atoms with Crippen LogP contribution in [0.1, 0.15) is 32.2 Å². The van der Waals surface area contributed by atoms with Crippen molar-refractivity contribution in [1.29, 1.82) is 0 Å². The number of carbonyl (C=O) groups is 2. The maximum atomic E-state index is 14.2. The molecule has 0 aliphatic heterocycles. The van der Waals surface area contributed by atoms with E-state index in [1.807, 2.05) is 0 Å². The fraction of sp³-hybridized carbons (Fsp3) is 0.111. The number of benzene rings is 1. The summed E-state index contributed by atoms with van der Waals surface area (Å²) >= 11 is 7.22. The number of thiophene rings is 1. The van der Waals surface area contributed by atoms with Crippen molar-refractivity contribution in [3.05, 3.63) is 57.1 Å². The summed E-state index contributed by atoms with van der Waals surface area (Å²) in [6.45, 7) is 1.48. The van der Waals surface area contributed by atoms with Crippen molar-refractivity contribution >= 4 is 45.9 Å². The second-order valence-corrected chi connectivity index (χ2v) is 7.88. The molecule has 148 valence electrons. The molecule has 0 fully saturated rings. The van der Waals surface area contributed by atoms with Crippen LogP contribution in [-0.2, 0) is 6.54 Å². The van der Waals surface area contributed by atoms with Crippen molar-refractivity contribution in [3.63, 3.8) is 0 Å². The van der Waals surface area contributed by atoms with Crippen LogP contribution in [0.4, 0.5) is 4.39 Å². The van der Waals surface area contributed by atoms with E-state index in [2.05, 4.69) is 10.1 Å². The number of aromatic nitrogens is 3. The second kappa shape index (κ2) is 6.98. The molecular formula is C18H11ClFN3O5S. The van der Waals surface area contributed by atoms with Crippen molar-refractivity contribution in [2.45, 2.75) is 13.5 Å². The summed E-state index contributed by atoms with van der Waals surface area (Å²) in [4.78, 5) is 27.8. The monoisotopic (exact) mass is 435 g/mol. The highest BCUT2D eigenvalue weighted by Crippen LogP contribution is 2.32. The van der Waals surface area contributed by atoms with Crippen molar-refractivity contribution in [1.82, 2.24) is 14.7 Å². The Bertz CT molecular complexity index is 1290. The summed E-state index contributed by atoms with van der Waals surface area (Å²) < 4.78 is 21.3. The molecule has 0 atom stereocenters. The van der Waals surface area contributed by atoms with Crippen molar-refractivity contribution in [2.75, 3.05) is 0 Å². The van der Waals surface area contributed by atoms with Crippen molar-refractivity contribution < 1.29 is 28.7 Å². The number of hydrogen-bond donors (Lipinski definition) is 2. The lowest BCUT2D eigenvalue weighted by Gasteiger charge is -2.08. The Morgan fingerprint density at radius 1 is 1.28 bits per heavy atom. The van der Waals surface area contributed by atoms with Gasteiger partial charge in [0.1, 0.15) is 22.6 Å². The number of carboxylic acid groups (broad SMARTS) is 2. The number of aromatic carboxylic acids is 2. The number of nitrogens with zero attached hydrogens (tertiary/aromatic N) is 3. The first-order chi connectivity index (χ1) is 13.8. The molecule has 0 amide bonds. The fourth-order valence-electron chi connectivity index (χ4n) is 3.10. The molecule has 0 aliphatic carbocycles. The summed E-state index contributed by atoms with van der Waals surface area (Å²) in [6.07, 6.45) is 0. The van der Waals surface area contributed by atoms with Crippen LogP contribution in [-0.4, -0.2) is 36.9 Å². The van der Waals surface area contributed by atoms with Crippen LogP contribution in [0.2, 0.25) is 4.34 Å². The van der Waals surface area contributed by atoms with Gasteiger partial charge in [0, 0.05) is 6.07 Å². The third-order valence-electron chi connectivity index (χ3n) is 4.26. The Labute approximate surface area is 170 Å². The predicted octanol–water partition coefficient (Wildman–Crippen LogP) is 4.30. The van der Waals surface area contributed by atoms with Gasteiger partial charge in [0.25, 0.3) is 0 Å². The van der Waals surface area contributed by atoms with Gasteiger partial charge in [0.2, 0.25) is 5.82 Å². The van der Waals surface area contributed by atoms with E-state index in [1.54, 1.807) is 25.1 Å². The Hall–Kier alpha value is -3.24. The lowest BCUT2D eigenvalue weighted by atomic mass is 10.1. The summed E-state index contributed by atoms with van der Waals surface area (Å²) in [5.41, 5.74) is 0.00942. The number of imidazole rings is 1. The van der Waals surface area contributed by atoms with Crippen LogP contribution in [0, 0.1) is 12.7 Å². The van der Waals surface area contributed by atoms with E-state index in [4.69, 9.17) is 16.1 Å². The SMILES string of the molecule is Cc1cc(F)c(C(=O)O)c2nc(C(=O)O)n(Cc3cc(-c4ccc(Cl)s4)on3)c12. The molecule has 0 bridgehead atoms. The van der Waals surface area contributed by atoms with Gasteiger partial charge >= 0.3 is 11.9 Å². The Kier molecular flexibility index (Phi) is 4.59. The van der Waals surface area contributed by atoms with E-state index in [0.717, 1.165) is 10.9 Å². The van der Waals surface area contributed by atoms with Crippen LogP contribution >= 0.6 is 22.9 Å². The minimum atomic E-state index is -1.53. The van der Waals surface area contributed by atoms with Gasteiger partial charge in [-0.05, 0) is 30.7 Å². The summed E-state index contributed by atoms with van der Waals surface area (Å²) in [6, 6.07) is 6.13. The molecule has 11 heteroatoms. The van der Waals surface area contributed by atoms with Gasteiger partial charge in [0.15, 0.2) is 5.76 Å². The second-order valence-electron chi connectivity index (χ2n) is 6.17. The number of rotatable bonds is 5. The maximum absolute atomic E-state index is 14.2. The van der Waals surface area contributed by atoms with E-state index >= 15 is 0 Å². The minimum absolute atomic E-state index is 0.0632. The van der Waals surface area contributed by atoms with E-state index in [-0.39, 0.29) is 17.6 Å². The zero-order chi connectivity index (χ0) is 20.9. The highest BCUT2D eigenvalue weighted by Gasteiger charge is 2.26. The van der Waals surface area contributed by atoms with Crippen molar-refractivity contribution in [2.24, 2.45) is 0 Å². The van der Waals surface area contributed by atoms with E-state index < -0.39 is 29.1 Å². The van der Waals surface area contributed by atoms with Crippen LogP contribution in [0.15, 0.2) is 28.8 Å². The van der Waals surface area contributed by atoms with Crippen LogP contribution in [0.25, 0.3) is 21.7 Å². The maximum Gasteiger partial charge on any atom is 0.372 e. The largest absolute Gasteiger partial charge is 0.478 e. The lowest BCUT2D eigenvalue weighted by Crippen LogP contribution is -2.11. The summed E-state index contributed by atoms with van der Waals surface area (Å²) in [5.74, 6) is -3.88. The molecule has 0 spiro atoms. The molecule has 0 aliphatic rings. The lowest BCUT2D eigenvalue weighted by molar-refractivity contribution is 0.0671. The van der Waals surface area contributed by atoms with Gasteiger partial charge in [-0.3, -0.25) is 0 Å². The van der Waals surface area contributed by atoms with Crippen LogP contribution in [0.3, 0.4) is 0 Å². The fourth-order valence-corrected chi connectivity index (χ4v) is 4.09. The quantitative estimate of drug-likeness (QED) is 0.479. The first-order valence-electron chi connectivity index (χ1n) is 8.13. The molecule has 2 N–H and O–H groups in total. The average molecular weight is 436 g/mol. The molecule has 0 saturated carbocycles. The molecule has 4 aromatic rings. The molecule has 1 aromatic carbocycles. The first kappa shape index (κ1) is 19.1. The number of aryl methyl sites for hydroxylation is 1. The van der Waals surface area contributed by atoms with Gasteiger partial charge in [-0.15, -0.1) is 11.3 Å². The zero-order valence-electron chi connectivity index (χ0n) is 14.6. The molecule has 0 unspecified atom stereocenters. The highest BCUT2D eigenvalue weighted by molar-refractivity contribution is 7.19. The topological polar surface area (TPSA) is 118 Å². The van der Waals surface area contributed by atoms with Crippen LogP contribution in [0.5, 0.6) is 0 Å². The molecule has 3 aromatic heterocycles. The Balaban J connectivity index is 1.86. The number of halogens is 2. The van der Waals surface area contributed by atoms with E-state index in [1.165, 1.54) is 15.9 Å². The van der Waals surface area contributed by atoms with Crippen molar-refractivity contribution in [3.8, 4) is 10.6 Å². The van der Waals surface area contributed by atoms with Crippen LogP contribution < -0.4 is 0 Å².